The summed E-state index contributed by atoms with van der Waals surface area (Å²) in [4.78, 5) is 0. The Morgan fingerprint density at radius 2 is 1.93 bits per heavy atom. The van der Waals surface area contributed by atoms with E-state index in [4.69, 9.17) is 5.11 Å². The van der Waals surface area contributed by atoms with Crippen molar-refractivity contribution in [2.24, 2.45) is 16.2 Å². The Kier molecular flexibility index (Phi) is 2.08. The zero-order chi connectivity index (χ0) is 10.4. The van der Waals surface area contributed by atoms with E-state index in [1.54, 1.807) is 0 Å². The van der Waals surface area contributed by atoms with Crippen molar-refractivity contribution in [2.75, 3.05) is 6.61 Å². The van der Waals surface area contributed by atoms with Crippen molar-refractivity contribution in [3.05, 3.63) is 12.2 Å². The topological polar surface area (TPSA) is 20.2 Å². The minimum atomic E-state index is 0.188. The molecule has 2 atom stereocenters. The first-order valence-electron chi connectivity index (χ1n) is 5.76. The van der Waals surface area contributed by atoms with Crippen LogP contribution >= 0.6 is 0 Å². The standard InChI is InChI=1S/C13H22O/c1-11(2)6-4-7-12(3)10-13(11,12)8-5-9-14/h5,8,14H,4,6-7,9-10H2,1-3H3/b8-5+/t12-,13-/m1/s1. The van der Waals surface area contributed by atoms with E-state index < -0.39 is 0 Å². The predicted octanol–water partition coefficient (Wildman–Crippen LogP) is 3.14. The third-order valence-corrected chi connectivity index (χ3v) is 4.87. The molecule has 0 aliphatic heterocycles. The van der Waals surface area contributed by atoms with Crippen LogP contribution in [0.2, 0.25) is 0 Å². The molecule has 0 amide bonds. The molecule has 0 radical (unpaired) electrons. The van der Waals surface area contributed by atoms with E-state index in [0.717, 1.165) is 0 Å². The van der Waals surface area contributed by atoms with E-state index in [9.17, 15) is 0 Å². The van der Waals surface area contributed by atoms with Crippen molar-refractivity contribution in [1.29, 1.82) is 0 Å². The Morgan fingerprint density at radius 1 is 1.21 bits per heavy atom. The molecule has 2 rings (SSSR count). The molecule has 0 spiro atoms. The molecule has 0 aromatic rings. The van der Waals surface area contributed by atoms with Gasteiger partial charge < -0.3 is 5.11 Å². The second kappa shape index (κ2) is 2.85. The monoisotopic (exact) mass is 194 g/mol. The molecular weight excluding hydrogens is 172 g/mol. The first-order valence-corrected chi connectivity index (χ1v) is 5.76. The van der Waals surface area contributed by atoms with Gasteiger partial charge in [-0.25, -0.2) is 0 Å². The van der Waals surface area contributed by atoms with Gasteiger partial charge in [0.15, 0.2) is 0 Å². The van der Waals surface area contributed by atoms with E-state index in [0.29, 0.717) is 16.2 Å². The lowest BCUT2D eigenvalue weighted by molar-refractivity contribution is 0.118. The lowest BCUT2D eigenvalue weighted by atomic mass is 9.63. The lowest BCUT2D eigenvalue weighted by Crippen LogP contribution is -2.32. The van der Waals surface area contributed by atoms with Gasteiger partial charge in [0, 0.05) is 0 Å². The maximum atomic E-state index is 8.90. The summed E-state index contributed by atoms with van der Waals surface area (Å²) in [5.41, 5.74) is 1.34. The molecule has 0 heterocycles. The third kappa shape index (κ3) is 1.11. The summed E-state index contributed by atoms with van der Waals surface area (Å²) >= 11 is 0. The summed E-state index contributed by atoms with van der Waals surface area (Å²) in [5, 5.41) is 8.90. The van der Waals surface area contributed by atoms with Crippen molar-refractivity contribution in [3.63, 3.8) is 0 Å². The zero-order valence-corrected chi connectivity index (χ0v) is 9.64. The fourth-order valence-electron chi connectivity index (χ4n) is 3.82. The molecule has 0 bridgehead atoms. The minimum absolute atomic E-state index is 0.188. The first-order chi connectivity index (χ1) is 6.47. The number of hydrogen-bond acceptors (Lipinski definition) is 1. The average Bonchev–Trinajstić information content (AvgIpc) is 2.70. The van der Waals surface area contributed by atoms with Gasteiger partial charge in [0.25, 0.3) is 0 Å². The normalized spacial score (nSPS) is 45.1. The second-order valence-electron chi connectivity index (χ2n) is 6.03. The van der Waals surface area contributed by atoms with E-state index >= 15 is 0 Å². The maximum absolute atomic E-state index is 8.90. The van der Waals surface area contributed by atoms with Crippen LogP contribution in [-0.4, -0.2) is 11.7 Å². The summed E-state index contributed by atoms with van der Waals surface area (Å²) in [6, 6.07) is 0. The van der Waals surface area contributed by atoms with Crippen LogP contribution in [0.5, 0.6) is 0 Å². The summed E-state index contributed by atoms with van der Waals surface area (Å²) < 4.78 is 0. The van der Waals surface area contributed by atoms with Gasteiger partial charge in [0.2, 0.25) is 0 Å². The molecule has 80 valence electrons. The molecule has 2 fully saturated rings. The number of allylic oxidation sites excluding steroid dienone is 1. The van der Waals surface area contributed by atoms with Crippen LogP contribution in [0.3, 0.4) is 0 Å². The molecule has 0 unspecified atom stereocenters. The summed E-state index contributed by atoms with van der Waals surface area (Å²) in [6.07, 6.45) is 9.64. The molecule has 1 N–H and O–H groups in total. The van der Waals surface area contributed by atoms with Gasteiger partial charge in [-0.15, -0.1) is 0 Å². The van der Waals surface area contributed by atoms with Crippen LogP contribution in [0.25, 0.3) is 0 Å². The summed E-state index contributed by atoms with van der Waals surface area (Å²) in [5.74, 6) is 0. The SMILES string of the molecule is CC1(C)CCC[C@]2(C)C[C@]12/C=C/CO. The Balaban J connectivity index is 2.28. The van der Waals surface area contributed by atoms with Gasteiger partial charge in [-0.3, -0.25) is 0 Å². The number of fused-ring (bicyclic) bond motifs is 1. The zero-order valence-electron chi connectivity index (χ0n) is 9.64. The molecule has 1 nitrogen and oxygen atoms in total. The molecule has 1 heteroatoms. The second-order valence-corrected chi connectivity index (χ2v) is 6.03. The van der Waals surface area contributed by atoms with Crippen molar-refractivity contribution in [3.8, 4) is 0 Å². The number of aliphatic hydroxyl groups is 1. The molecule has 2 aliphatic carbocycles. The van der Waals surface area contributed by atoms with Gasteiger partial charge >= 0.3 is 0 Å². The van der Waals surface area contributed by atoms with Crippen LogP contribution in [0.4, 0.5) is 0 Å². The van der Waals surface area contributed by atoms with Gasteiger partial charge in [-0.2, -0.15) is 0 Å². The smallest absolute Gasteiger partial charge is 0.0612 e. The van der Waals surface area contributed by atoms with Crippen LogP contribution in [0.15, 0.2) is 12.2 Å². The Morgan fingerprint density at radius 3 is 2.50 bits per heavy atom. The van der Waals surface area contributed by atoms with Crippen molar-refractivity contribution >= 4 is 0 Å². The number of aliphatic hydroxyl groups excluding tert-OH is 1. The van der Waals surface area contributed by atoms with E-state index in [-0.39, 0.29) is 6.61 Å². The van der Waals surface area contributed by atoms with Gasteiger partial charge in [-0.1, -0.05) is 39.3 Å². The molecule has 0 aromatic carbocycles. The van der Waals surface area contributed by atoms with Gasteiger partial charge in [-0.05, 0) is 35.5 Å². The third-order valence-electron chi connectivity index (χ3n) is 4.87. The summed E-state index contributed by atoms with van der Waals surface area (Å²) in [6.45, 7) is 7.38. The molecule has 2 aliphatic rings. The predicted molar refractivity (Wildman–Crippen MR) is 59.0 cm³/mol. The first kappa shape index (κ1) is 10.2. The van der Waals surface area contributed by atoms with Crippen molar-refractivity contribution < 1.29 is 5.11 Å². The molecule has 14 heavy (non-hydrogen) atoms. The highest BCUT2D eigenvalue weighted by molar-refractivity contribution is 5.28. The maximum Gasteiger partial charge on any atom is 0.0612 e. The van der Waals surface area contributed by atoms with Crippen molar-refractivity contribution in [1.82, 2.24) is 0 Å². The molecule has 0 aromatic heterocycles. The highest BCUT2D eigenvalue weighted by Gasteiger charge is 2.69. The van der Waals surface area contributed by atoms with E-state index in [2.05, 4.69) is 26.8 Å². The largest absolute Gasteiger partial charge is 0.392 e. The van der Waals surface area contributed by atoms with Crippen LogP contribution in [-0.2, 0) is 0 Å². The van der Waals surface area contributed by atoms with E-state index in [1.165, 1.54) is 25.7 Å². The minimum Gasteiger partial charge on any atom is -0.392 e. The average molecular weight is 194 g/mol. The highest BCUT2D eigenvalue weighted by Crippen LogP contribution is 2.78. The summed E-state index contributed by atoms with van der Waals surface area (Å²) in [7, 11) is 0. The van der Waals surface area contributed by atoms with Crippen LogP contribution in [0, 0.1) is 16.2 Å². The Hall–Kier alpha value is -0.300. The molecular formula is C13H22O. The molecule has 2 saturated carbocycles. The quantitative estimate of drug-likeness (QED) is 0.670. The van der Waals surface area contributed by atoms with Crippen LogP contribution < -0.4 is 0 Å². The Labute approximate surface area is 87.2 Å². The lowest BCUT2D eigenvalue weighted by Gasteiger charge is -2.41. The highest BCUT2D eigenvalue weighted by atomic mass is 16.2. The van der Waals surface area contributed by atoms with E-state index in [1.807, 2.05) is 6.08 Å². The molecule has 0 saturated heterocycles. The van der Waals surface area contributed by atoms with Crippen molar-refractivity contribution in [2.45, 2.75) is 46.5 Å². The van der Waals surface area contributed by atoms with Gasteiger partial charge in [0.1, 0.15) is 0 Å². The fraction of sp³-hybridized carbons (Fsp3) is 0.846. The van der Waals surface area contributed by atoms with Crippen LogP contribution in [0.1, 0.15) is 46.5 Å². The number of rotatable bonds is 2. The van der Waals surface area contributed by atoms with Gasteiger partial charge in [0.05, 0.1) is 6.61 Å². The fourth-order valence-corrected chi connectivity index (χ4v) is 3.82. The number of hydrogen-bond donors (Lipinski definition) is 1. The Bertz CT molecular complexity index is 266.